The zero-order chi connectivity index (χ0) is 23.4. The van der Waals surface area contributed by atoms with Crippen LogP contribution in [0.25, 0.3) is 6.08 Å². The van der Waals surface area contributed by atoms with Gasteiger partial charge in [0, 0.05) is 10.7 Å². The summed E-state index contributed by atoms with van der Waals surface area (Å²) in [5, 5.41) is 13.0. The molecular formula is C24H15BrCl2N2O4. The first-order valence-corrected chi connectivity index (χ1v) is 11.2. The molecule has 0 radical (unpaired) electrons. The van der Waals surface area contributed by atoms with E-state index in [0.717, 1.165) is 5.56 Å². The molecule has 1 aliphatic rings. The second-order valence-corrected chi connectivity index (χ2v) is 8.62. The van der Waals surface area contributed by atoms with Crippen LogP contribution in [0.3, 0.4) is 0 Å². The van der Waals surface area contributed by atoms with E-state index in [2.05, 4.69) is 21.2 Å². The molecule has 4 rings (SSSR count). The number of nitrogens with one attached hydrogen (secondary N) is 1. The third kappa shape index (κ3) is 5.60. The van der Waals surface area contributed by atoms with Gasteiger partial charge in [-0.3, -0.25) is 4.79 Å². The van der Waals surface area contributed by atoms with Crippen molar-refractivity contribution in [3.05, 3.63) is 85.8 Å². The Morgan fingerprint density at radius 2 is 1.88 bits per heavy atom. The average molecular weight is 546 g/mol. The Bertz CT molecular complexity index is 1260. The highest BCUT2D eigenvalue weighted by atomic mass is 79.9. The number of fused-ring (bicyclic) bond motifs is 1. The van der Waals surface area contributed by atoms with Crippen LogP contribution in [0.5, 0.6) is 17.2 Å². The van der Waals surface area contributed by atoms with Crippen LogP contribution in [-0.2, 0) is 11.4 Å². The molecule has 0 spiro atoms. The summed E-state index contributed by atoms with van der Waals surface area (Å²) in [7, 11) is 0. The normalized spacial score (nSPS) is 12.2. The van der Waals surface area contributed by atoms with Crippen LogP contribution >= 0.6 is 39.1 Å². The molecule has 0 atom stereocenters. The molecule has 166 valence electrons. The minimum atomic E-state index is -0.546. The molecule has 1 aliphatic heterocycles. The van der Waals surface area contributed by atoms with Crippen LogP contribution in [0, 0.1) is 11.3 Å². The molecule has 1 amide bonds. The standard InChI is InChI=1S/C24H15BrCl2N2O4/c25-19-8-15(7-16(11-28)24(30)29-18-4-2-17(26)3-5-18)9-20(27)23(19)31-12-14-1-6-21-22(10-14)33-13-32-21/h1-10H,12-13H2,(H,29,30)/b16-7-. The van der Waals surface area contributed by atoms with Gasteiger partial charge in [0.15, 0.2) is 17.2 Å². The van der Waals surface area contributed by atoms with E-state index in [1.165, 1.54) is 6.08 Å². The zero-order valence-corrected chi connectivity index (χ0v) is 20.0. The number of hydrogen-bond donors (Lipinski definition) is 1. The van der Waals surface area contributed by atoms with Crippen LogP contribution in [-0.4, -0.2) is 12.7 Å². The maximum atomic E-state index is 12.5. The summed E-state index contributed by atoms with van der Waals surface area (Å²) in [6.07, 6.45) is 1.45. The molecule has 3 aromatic carbocycles. The van der Waals surface area contributed by atoms with Crippen molar-refractivity contribution in [3.63, 3.8) is 0 Å². The molecule has 0 saturated carbocycles. The Morgan fingerprint density at radius 3 is 2.61 bits per heavy atom. The van der Waals surface area contributed by atoms with Crippen LogP contribution < -0.4 is 19.5 Å². The molecule has 0 unspecified atom stereocenters. The largest absolute Gasteiger partial charge is 0.486 e. The van der Waals surface area contributed by atoms with Crippen LogP contribution in [0.2, 0.25) is 10.0 Å². The summed E-state index contributed by atoms with van der Waals surface area (Å²) in [4.78, 5) is 12.5. The molecule has 0 aromatic heterocycles. The number of hydrogen-bond acceptors (Lipinski definition) is 5. The Balaban J connectivity index is 1.48. The van der Waals surface area contributed by atoms with E-state index in [4.69, 9.17) is 37.4 Å². The topological polar surface area (TPSA) is 80.6 Å². The molecule has 6 nitrogen and oxygen atoms in total. The van der Waals surface area contributed by atoms with Crippen molar-refractivity contribution < 1.29 is 19.0 Å². The van der Waals surface area contributed by atoms with Crippen LogP contribution in [0.15, 0.2) is 64.6 Å². The number of anilines is 1. The number of nitrogens with zero attached hydrogens (tertiary/aromatic N) is 1. The van der Waals surface area contributed by atoms with Gasteiger partial charge >= 0.3 is 0 Å². The van der Waals surface area contributed by atoms with E-state index in [0.29, 0.717) is 43.0 Å². The van der Waals surface area contributed by atoms with E-state index in [-0.39, 0.29) is 19.0 Å². The van der Waals surface area contributed by atoms with Crippen molar-refractivity contribution in [2.45, 2.75) is 6.61 Å². The van der Waals surface area contributed by atoms with Gasteiger partial charge < -0.3 is 19.5 Å². The Labute approximate surface area is 208 Å². The van der Waals surface area contributed by atoms with Crippen molar-refractivity contribution in [3.8, 4) is 23.3 Å². The highest BCUT2D eigenvalue weighted by molar-refractivity contribution is 9.10. The average Bonchev–Trinajstić information content (AvgIpc) is 3.26. The third-order valence-electron chi connectivity index (χ3n) is 4.62. The molecular weight excluding hydrogens is 531 g/mol. The van der Waals surface area contributed by atoms with Gasteiger partial charge in [-0.05, 0) is 81.7 Å². The number of rotatable bonds is 6. The van der Waals surface area contributed by atoms with Crippen molar-refractivity contribution in [1.29, 1.82) is 5.26 Å². The van der Waals surface area contributed by atoms with Gasteiger partial charge in [0.1, 0.15) is 18.2 Å². The Kier molecular flexibility index (Phi) is 7.09. The number of amides is 1. The van der Waals surface area contributed by atoms with Gasteiger partial charge in [0.05, 0.1) is 9.50 Å². The summed E-state index contributed by atoms with van der Waals surface area (Å²) >= 11 is 15.7. The fraction of sp³-hybridized carbons (Fsp3) is 0.0833. The SMILES string of the molecule is N#C/C(=C/c1cc(Cl)c(OCc2ccc3c(c2)OCO3)c(Br)c1)C(=O)Nc1ccc(Cl)cc1. The van der Waals surface area contributed by atoms with E-state index in [1.54, 1.807) is 36.4 Å². The highest BCUT2D eigenvalue weighted by Crippen LogP contribution is 2.37. The predicted octanol–water partition coefficient (Wildman–Crippen LogP) is 6.61. The first kappa shape index (κ1) is 23.0. The van der Waals surface area contributed by atoms with Crippen molar-refractivity contribution in [2.24, 2.45) is 0 Å². The summed E-state index contributed by atoms with van der Waals surface area (Å²) in [6, 6.07) is 17.4. The molecule has 1 N–H and O–H groups in total. The summed E-state index contributed by atoms with van der Waals surface area (Å²) in [6.45, 7) is 0.464. The summed E-state index contributed by atoms with van der Waals surface area (Å²) in [5.74, 6) is 1.26. The number of carbonyl (C=O) groups is 1. The Morgan fingerprint density at radius 1 is 1.12 bits per heavy atom. The monoisotopic (exact) mass is 544 g/mol. The lowest BCUT2D eigenvalue weighted by molar-refractivity contribution is -0.112. The first-order valence-electron chi connectivity index (χ1n) is 9.62. The first-order chi connectivity index (χ1) is 15.9. The van der Waals surface area contributed by atoms with Crippen molar-refractivity contribution >= 4 is 56.8 Å². The third-order valence-corrected chi connectivity index (χ3v) is 5.74. The minimum Gasteiger partial charge on any atom is -0.486 e. The van der Waals surface area contributed by atoms with E-state index in [9.17, 15) is 10.1 Å². The van der Waals surface area contributed by atoms with Gasteiger partial charge in [-0.25, -0.2) is 0 Å². The summed E-state index contributed by atoms with van der Waals surface area (Å²) in [5.41, 5.74) is 1.89. The lowest BCUT2D eigenvalue weighted by atomic mass is 10.1. The van der Waals surface area contributed by atoms with E-state index < -0.39 is 5.91 Å². The minimum absolute atomic E-state index is 0.0815. The van der Waals surface area contributed by atoms with Gasteiger partial charge in [-0.1, -0.05) is 29.3 Å². The fourth-order valence-electron chi connectivity index (χ4n) is 3.03. The highest BCUT2D eigenvalue weighted by Gasteiger charge is 2.15. The van der Waals surface area contributed by atoms with Crippen molar-refractivity contribution in [1.82, 2.24) is 0 Å². The molecule has 9 heteroatoms. The second-order valence-electron chi connectivity index (χ2n) is 6.92. The number of ether oxygens (including phenoxy) is 3. The van der Waals surface area contributed by atoms with Crippen LogP contribution in [0.1, 0.15) is 11.1 Å². The van der Waals surface area contributed by atoms with E-state index in [1.807, 2.05) is 24.3 Å². The predicted molar refractivity (Wildman–Crippen MR) is 130 cm³/mol. The lowest BCUT2D eigenvalue weighted by Gasteiger charge is -2.12. The number of nitriles is 1. The fourth-order valence-corrected chi connectivity index (χ4v) is 4.15. The van der Waals surface area contributed by atoms with Crippen LogP contribution in [0.4, 0.5) is 5.69 Å². The zero-order valence-electron chi connectivity index (χ0n) is 16.9. The molecule has 0 bridgehead atoms. The maximum Gasteiger partial charge on any atom is 0.266 e. The molecule has 0 fully saturated rings. The molecule has 0 aliphatic carbocycles. The number of benzene rings is 3. The maximum absolute atomic E-state index is 12.5. The van der Waals surface area contributed by atoms with Gasteiger partial charge in [0.2, 0.25) is 6.79 Å². The van der Waals surface area contributed by atoms with E-state index >= 15 is 0 Å². The summed E-state index contributed by atoms with van der Waals surface area (Å²) < 4.78 is 17.2. The Hall–Kier alpha value is -3.18. The molecule has 1 heterocycles. The number of carbonyl (C=O) groups excluding carboxylic acids is 1. The van der Waals surface area contributed by atoms with Crippen molar-refractivity contribution in [2.75, 3.05) is 12.1 Å². The molecule has 0 saturated heterocycles. The number of halogens is 3. The second kappa shape index (κ2) is 10.2. The van der Waals surface area contributed by atoms with Gasteiger partial charge in [0.25, 0.3) is 5.91 Å². The lowest BCUT2D eigenvalue weighted by Crippen LogP contribution is -2.13. The smallest absolute Gasteiger partial charge is 0.266 e. The van der Waals surface area contributed by atoms with Gasteiger partial charge in [-0.15, -0.1) is 0 Å². The molecule has 3 aromatic rings. The molecule has 33 heavy (non-hydrogen) atoms. The quantitative estimate of drug-likeness (QED) is 0.278. The van der Waals surface area contributed by atoms with Gasteiger partial charge in [-0.2, -0.15) is 5.26 Å².